The lowest BCUT2D eigenvalue weighted by Gasteiger charge is -2.23. The van der Waals surface area contributed by atoms with Crippen LogP contribution in [-0.2, 0) is 9.53 Å². The van der Waals surface area contributed by atoms with Gasteiger partial charge in [-0.2, -0.15) is 0 Å². The van der Waals surface area contributed by atoms with Crippen LogP contribution in [0.2, 0.25) is 0 Å². The van der Waals surface area contributed by atoms with Gasteiger partial charge in [-0.25, -0.2) is 0 Å². The molecule has 1 aromatic carbocycles. The minimum absolute atomic E-state index is 0.0520. The Morgan fingerprint density at radius 1 is 1.27 bits per heavy atom. The molecule has 3 amide bonds. The van der Waals surface area contributed by atoms with Crippen molar-refractivity contribution < 1.29 is 19.1 Å². The Kier molecular flexibility index (Phi) is 3.94. The third-order valence-corrected chi connectivity index (χ3v) is 4.10. The highest BCUT2D eigenvalue weighted by molar-refractivity contribution is 6.22. The van der Waals surface area contributed by atoms with E-state index in [1.165, 1.54) is 4.90 Å². The molecule has 2 heterocycles. The normalized spacial score (nSPS) is 20.4. The summed E-state index contributed by atoms with van der Waals surface area (Å²) in [7, 11) is 1.67. The molecule has 3 rings (SSSR count). The predicted molar refractivity (Wildman–Crippen MR) is 78.4 cm³/mol. The largest absolute Gasteiger partial charge is 0.376 e. The first-order chi connectivity index (χ1) is 10.6. The average Bonchev–Trinajstić information content (AvgIpc) is 3.10. The Balaban J connectivity index is 1.65. The molecule has 0 bridgehead atoms. The van der Waals surface area contributed by atoms with Gasteiger partial charge < -0.3 is 9.64 Å². The summed E-state index contributed by atoms with van der Waals surface area (Å²) in [5.74, 6) is -1.07. The second-order valence-corrected chi connectivity index (χ2v) is 5.65. The Hall–Kier alpha value is -2.21. The number of imide groups is 1. The van der Waals surface area contributed by atoms with Crippen LogP contribution in [0.4, 0.5) is 0 Å². The van der Waals surface area contributed by atoms with Gasteiger partial charge >= 0.3 is 0 Å². The van der Waals surface area contributed by atoms with Crippen molar-refractivity contribution in [2.24, 2.45) is 0 Å². The van der Waals surface area contributed by atoms with E-state index < -0.39 is 11.8 Å². The van der Waals surface area contributed by atoms with E-state index in [-0.39, 0.29) is 18.6 Å². The number of carbonyl (C=O) groups excluding carboxylic acids is 3. The summed E-state index contributed by atoms with van der Waals surface area (Å²) in [6.07, 6.45) is 1.99. The molecule has 1 atom stereocenters. The fourth-order valence-corrected chi connectivity index (χ4v) is 2.83. The van der Waals surface area contributed by atoms with Gasteiger partial charge in [0, 0.05) is 20.2 Å². The first-order valence-corrected chi connectivity index (χ1v) is 7.38. The van der Waals surface area contributed by atoms with Crippen LogP contribution in [0.3, 0.4) is 0 Å². The summed E-state index contributed by atoms with van der Waals surface area (Å²) in [5.41, 5.74) is 0.726. The van der Waals surface area contributed by atoms with Gasteiger partial charge in [-0.15, -0.1) is 0 Å². The average molecular weight is 302 g/mol. The number of nitrogens with zero attached hydrogens (tertiary/aromatic N) is 2. The maximum atomic E-state index is 12.3. The zero-order valence-corrected chi connectivity index (χ0v) is 12.4. The number of amides is 3. The summed E-state index contributed by atoms with van der Waals surface area (Å²) in [6.45, 7) is 0.989. The van der Waals surface area contributed by atoms with Gasteiger partial charge in [-0.1, -0.05) is 12.1 Å². The lowest BCUT2D eigenvalue weighted by atomic mass is 10.1. The lowest BCUT2D eigenvalue weighted by Crippen LogP contribution is -2.43. The molecule has 116 valence electrons. The Labute approximate surface area is 128 Å². The quantitative estimate of drug-likeness (QED) is 0.776. The molecule has 0 aromatic heterocycles. The molecule has 1 unspecified atom stereocenters. The van der Waals surface area contributed by atoms with E-state index in [0.29, 0.717) is 17.7 Å². The summed E-state index contributed by atoms with van der Waals surface area (Å²) < 4.78 is 5.50. The van der Waals surface area contributed by atoms with E-state index >= 15 is 0 Å². The number of likely N-dealkylation sites (N-methyl/N-ethyl adjacent to an activating group) is 1. The summed E-state index contributed by atoms with van der Waals surface area (Å²) in [4.78, 5) is 39.2. The molecule has 2 aliphatic rings. The zero-order chi connectivity index (χ0) is 15.7. The standard InChI is InChI=1S/C16H18N2O4/c1-17(9-11-5-4-8-22-11)14(19)10-18-15(20)12-6-2-3-7-13(12)16(18)21/h2-3,6-7,11H,4-5,8-10H2,1H3. The topological polar surface area (TPSA) is 66.9 Å². The van der Waals surface area contributed by atoms with Crippen molar-refractivity contribution in [3.8, 4) is 0 Å². The number of fused-ring (bicyclic) bond motifs is 1. The molecule has 0 N–H and O–H groups in total. The van der Waals surface area contributed by atoms with Crippen LogP contribution >= 0.6 is 0 Å². The van der Waals surface area contributed by atoms with E-state index in [1.807, 2.05) is 0 Å². The fraction of sp³-hybridized carbons (Fsp3) is 0.438. The lowest BCUT2D eigenvalue weighted by molar-refractivity contribution is -0.131. The molecule has 6 heteroatoms. The van der Waals surface area contributed by atoms with E-state index in [9.17, 15) is 14.4 Å². The van der Waals surface area contributed by atoms with Crippen molar-refractivity contribution in [1.82, 2.24) is 9.80 Å². The van der Waals surface area contributed by atoms with Crippen molar-refractivity contribution >= 4 is 17.7 Å². The van der Waals surface area contributed by atoms with Crippen LogP contribution in [0.5, 0.6) is 0 Å². The highest BCUT2D eigenvalue weighted by Crippen LogP contribution is 2.22. The highest BCUT2D eigenvalue weighted by atomic mass is 16.5. The zero-order valence-electron chi connectivity index (χ0n) is 12.4. The number of carbonyl (C=O) groups is 3. The minimum atomic E-state index is -0.403. The second-order valence-electron chi connectivity index (χ2n) is 5.65. The molecule has 0 aliphatic carbocycles. The summed E-state index contributed by atoms with van der Waals surface area (Å²) >= 11 is 0. The molecule has 0 spiro atoms. The molecule has 2 aliphatic heterocycles. The van der Waals surface area contributed by atoms with Crippen LogP contribution in [0, 0.1) is 0 Å². The molecule has 0 radical (unpaired) electrons. The Morgan fingerprint density at radius 3 is 2.45 bits per heavy atom. The maximum absolute atomic E-state index is 12.3. The first kappa shape index (κ1) is 14.7. The van der Waals surface area contributed by atoms with E-state index in [2.05, 4.69) is 0 Å². The predicted octanol–water partition coefficient (Wildman–Crippen LogP) is 0.920. The minimum Gasteiger partial charge on any atom is -0.376 e. The van der Waals surface area contributed by atoms with Crippen LogP contribution in [-0.4, -0.2) is 60.4 Å². The van der Waals surface area contributed by atoms with Gasteiger partial charge in [0.25, 0.3) is 11.8 Å². The van der Waals surface area contributed by atoms with Gasteiger partial charge in [-0.05, 0) is 25.0 Å². The number of ether oxygens (including phenoxy) is 1. The monoisotopic (exact) mass is 302 g/mol. The van der Waals surface area contributed by atoms with E-state index in [1.54, 1.807) is 31.3 Å². The molecule has 22 heavy (non-hydrogen) atoms. The van der Waals surface area contributed by atoms with E-state index in [0.717, 1.165) is 24.3 Å². The molecule has 1 aromatic rings. The first-order valence-electron chi connectivity index (χ1n) is 7.38. The van der Waals surface area contributed by atoms with Crippen molar-refractivity contribution in [1.29, 1.82) is 0 Å². The Morgan fingerprint density at radius 2 is 1.91 bits per heavy atom. The van der Waals surface area contributed by atoms with E-state index in [4.69, 9.17) is 4.74 Å². The maximum Gasteiger partial charge on any atom is 0.262 e. The number of hydrogen-bond donors (Lipinski definition) is 0. The smallest absolute Gasteiger partial charge is 0.262 e. The second kappa shape index (κ2) is 5.88. The highest BCUT2D eigenvalue weighted by Gasteiger charge is 2.36. The number of hydrogen-bond acceptors (Lipinski definition) is 4. The van der Waals surface area contributed by atoms with Crippen LogP contribution in [0.25, 0.3) is 0 Å². The number of benzene rings is 1. The number of rotatable bonds is 4. The van der Waals surface area contributed by atoms with Crippen LogP contribution in [0.1, 0.15) is 33.6 Å². The summed E-state index contributed by atoms with van der Waals surface area (Å²) in [5, 5.41) is 0. The molecular weight excluding hydrogens is 284 g/mol. The molecule has 1 fully saturated rings. The molecule has 1 saturated heterocycles. The molecule has 0 saturated carbocycles. The van der Waals surface area contributed by atoms with Crippen LogP contribution in [0.15, 0.2) is 24.3 Å². The van der Waals surface area contributed by atoms with Gasteiger partial charge in [0.15, 0.2) is 0 Å². The van der Waals surface area contributed by atoms with Gasteiger partial charge in [0.1, 0.15) is 6.54 Å². The summed E-state index contributed by atoms with van der Waals surface area (Å²) in [6, 6.07) is 6.63. The van der Waals surface area contributed by atoms with Gasteiger partial charge in [0.05, 0.1) is 17.2 Å². The van der Waals surface area contributed by atoms with Gasteiger partial charge in [-0.3, -0.25) is 19.3 Å². The van der Waals surface area contributed by atoms with Gasteiger partial charge in [0.2, 0.25) is 5.91 Å². The fourth-order valence-electron chi connectivity index (χ4n) is 2.83. The molecular formula is C16H18N2O4. The van der Waals surface area contributed by atoms with Crippen molar-refractivity contribution in [2.45, 2.75) is 18.9 Å². The molecule has 6 nitrogen and oxygen atoms in total. The third-order valence-electron chi connectivity index (χ3n) is 4.10. The van der Waals surface area contributed by atoms with Crippen molar-refractivity contribution in [2.75, 3.05) is 26.7 Å². The van der Waals surface area contributed by atoms with Crippen LogP contribution < -0.4 is 0 Å². The van der Waals surface area contributed by atoms with Crippen molar-refractivity contribution in [3.05, 3.63) is 35.4 Å². The third kappa shape index (κ3) is 2.62. The Bertz CT molecular complexity index is 587. The SMILES string of the molecule is CN(CC1CCCO1)C(=O)CN1C(=O)c2ccccc2C1=O. The van der Waals surface area contributed by atoms with Crippen molar-refractivity contribution in [3.63, 3.8) is 0 Å².